The normalized spacial score (nSPS) is 11.3. The molecule has 0 saturated heterocycles. The lowest BCUT2D eigenvalue weighted by atomic mass is 9.94. The van der Waals surface area contributed by atoms with Crippen LogP contribution in [0.3, 0.4) is 0 Å². The lowest BCUT2D eigenvalue weighted by molar-refractivity contribution is -0.131. The van der Waals surface area contributed by atoms with E-state index in [2.05, 4.69) is 49.2 Å². The zero-order valence-electron chi connectivity index (χ0n) is 16.7. The van der Waals surface area contributed by atoms with Crippen LogP contribution in [0.25, 0.3) is 39.4 Å². The third kappa shape index (κ3) is 3.85. The molecule has 0 unspecified atom stereocenters. The highest BCUT2D eigenvalue weighted by Crippen LogP contribution is 2.31. The van der Waals surface area contributed by atoms with Crippen molar-refractivity contribution >= 4 is 22.9 Å². The fourth-order valence-corrected chi connectivity index (χ4v) is 3.72. The molecule has 30 heavy (non-hydrogen) atoms. The first-order valence-corrected chi connectivity index (χ1v) is 9.61. The molecule has 0 aliphatic carbocycles. The van der Waals surface area contributed by atoms with Crippen LogP contribution in [0, 0.1) is 19.7 Å². The number of carboxylic acids is 1. The Labute approximate surface area is 174 Å². The molecule has 0 spiro atoms. The molecule has 0 fully saturated rings. The first kappa shape index (κ1) is 19.5. The fourth-order valence-electron chi connectivity index (χ4n) is 3.72. The third-order valence-corrected chi connectivity index (χ3v) is 5.14. The molecule has 0 amide bonds. The van der Waals surface area contributed by atoms with E-state index in [1.54, 1.807) is 6.07 Å². The second-order valence-corrected chi connectivity index (χ2v) is 7.28. The van der Waals surface area contributed by atoms with Crippen molar-refractivity contribution in [1.82, 2.24) is 4.98 Å². The minimum atomic E-state index is -1.12. The standard InChI is InChI=1S/C26H20FNO2/c1-16-5-3-6-17(2)26(16)21-8-4-7-19(14-21)23-11-9-20-13-18(10-12-25(29)30)22(27)15-24(20)28-23/h3-15H,1-2H3,(H,29,30)/b12-10+. The highest BCUT2D eigenvalue weighted by atomic mass is 19.1. The molecular formula is C26H20FNO2. The molecule has 4 aromatic rings. The Morgan fingerprint density at radius 1 is 0.933 bits per heavy atom. The van der Waals surface area contributed by atoms with Crippen LogP contribution >= 0.6 is 0 Å². The summed E-state index contributed by atoms with van der Waals surface area (Å²) >= 11 is 0. The number of pyridine rings is 1. The van der Waals surface area contributed by atoms with E-state index in [9.17, 15) is 9.18 Å². The van der Waals surface area contributed by atoms with Crippen LogP contribution in [0.4, 0.5) is 4.39 Å². The third-order valence-electron chi connectivity index (χ3n) is 5.14. The van der Waals surface area contributed by atoms with Gasteiger partial charge in [-0.1, -0.05) is 42.5 Å². The molecule has 0 atom stereocenters. The van der Waals surface area contributed by atoms with Crippen LogP contribution in [0.5, 0.6) is 0 Å². The van der Waals surface area contributed by atoms with Crippen molar-refractivity contribution in [3.8, 4) is 22.4 Å². The largest absolute Gasteiger partial charge is 0.478 e. The maximum absolute atomic E-state index is 14.4. The Morgan fingerprint density at radius 2 is 1.63 bits per heavy atom. The van der Waals surface area contributed by atoms with Crippen LogP contribution < -0.4 is 0 Å². The highest BCUT2D eigenvalue weighted by Gasteiger charge is 2.09. The number of halogens is 1. The fraction of sp³-hybridized carbons (Fsp3) is 0.0769. The van der Waals surface area contributed by atoms with E-state index in [-0.39, 0.29) is 5.56 Å². The van der Waals surface area contributed by atoms with Crippen LogP contribution in [0.15, 0.2) is 72.8 Å². The monoisotopic (exact) mass is 397 g/mol. The number of nitrogens with zero attached hydrogens (tertiary/aromatic N) is 1. The number of carboxylic acid groups (broad SMARTS) is 1. The highest BCUT2D eigenvalue weighted by molar-refractivity contribution is 5.88. The Kier molecular flexibility index (Phi) is 5.15. The van der Waals surface area contributed by atoms with Gasteiger partial charge in [0.2, 0.25) is 0 Å². The van der Waals surface area contributed by atoms with Gasteiger partial charge in [0.05, 0.1) is 11.2 Å². The van der Waals surface area contributed by atoms with Gasteiger partial charge >= 0.3 is 5.97 Å². The van der Waals surface area contributed by atoms with E-state index in [1.165, 1.54) is 28.8 Å². The van der Waals surface area contributed by atoms with Gasteiger partial charge < -0.3 is 5.11 Å². The zero-order chi connectivity index (χ0) is 21.3. The number of aryl methyl sites for hydroxylation is 2. The summed E-state index contributed by atoms with van der Waals surface area (Å²) in [5.74, 6) is -1.62. The number of benzene rings is 3. The minimum absolute atomic E-state index is 0.219. The van der Waals surface area contributed by atoms with E-state index in [0.29, 0.717) is 5.52 Å². The van der Waals surface area contributed by atoms with Gasteiger partial charge in [0.25, 0.3) is 0 Å². The lowest BCUT2D eigenvalue weighted by Gasteiger charge is -2.12. The van der Waals surface area contributed by atoms with Gasteiger partial charge in [0, 0.05) is 28.7 Å². The quantitative estimate of drug-likeness (QED) is 0.404. The average molecular weight is 397 g/mol. The molecule has 1 aromatic heterocycles. The van der Waals surface area contributed by atoms with E-state index in [0.717, 1.165) is 28.3 Å². The molecule has 148 valence electrons. The number of rotatable bonds is 4. The number of hydrogen-bond donors (Lipinski definition) is 1. The number of carbonyl (C=O) groups is 1. The molecule has 0 aliphatic rings. The molecule has 1 heterocycles. The van der Waals surface area contributed by atoms with Crippen LogP contribution in [0.1, 0.15) is 16.7 Å². The lowest BCUT2D eigenvalue weighted by Crippen LogP contribution is -1.92. The van der Waals surface area contributed by atoms with Gasteiger partial charge in [0.1, 0.15) is 5.82 Å². The van der Waals surface area contributed by atoms with Crippen molar-refractivity contribution in [3.63, 3.8) is 0 Å². The van der Waals surface area contributed by atoms with Gasteiger partial charge in [-0.05, 0) is 60.4 Å². The summed E-state index contributed by atoms with van der Waals surface area (Å²) in [6.45, 7) is 4.20. The van der Waals surface area contributed by atoms with Crippen LogP contribution in [-0.2, 0) is 4.79 Å². The second kappa shape index (κ2) is 7.91. The molecule has 1 N–H and O–H groups in total. The van der Waals surface area contributed by atoms with Crippen molar-refractivity contribution in [3.05, 3.63) is 95.3 Å². The van der Waals surface area contributed by atoms with Gasteiger partial charge in [0.15, 0.2) is 0 Å². The number of aromatic nitrogens is 1. The predicted octanol–water partition coefficient (Wildman–Crippen LogP) is 6.42. The van der Waals surface area contributed by atoms with Gasteiger partial charge in [-0.3, -0.25) is 0 Å². The predicted molar refractivity (Wildman–Crippen MR) is 119 cm³/mol. The van der Waals surface area contributed by atoms with Crippen molar-refractivity contribution < 1.29 is 14.3 Å². The second-order valence-electron chi connectivity index (χ2n) is 7.28. The smallest absolute Gasteiger partial charge is 0.328 e. The maximum atomic E-state index is 14.4. The van der Waals surface area contributed by atoms with Gasteiger partial charge in [-0.15, -0.1) is 0 Å². The van der Waals surface area contributed by atoms with E-state index in [1.807, 2.05) is 24.3 Å². The molecule has 0 bridgehead atoms. The maximum Gasteiger partial charge on any atom is 0.328 e. The summed E-state index contributed by atoms with van der Waals surface area (Å²) in [4.78, 5) is 15.3. The van der Waals surface area contributed by atoms with Crippen LogP contribution in [0.2, 0.25) is 0 Å². The van der Waals surface area contributed by atoms with Crippen molar-refractivity contribution in [2.24, 2.45) is 0 Å². The molecule has 0 radical (unpaired) electrons. The Balaban J connectivity index is 1.77. The molecule has 3 aromatic carbocycles. The Morgan fingerprint density at radius 3 is 2.37 bits per heavy atom. The zero-order valence-corrected chi connectivity index (χ0v) is 16.7. The molecule has 4 rings (SSSR count). The van der Waals surface area contributed by atoms with Gasteiger partial charge in [-0.2, -0.15) is 0 Å². The summed E-state index contributed by atoms with van der Waals surface area (Å²) in [5, 5.41) is 9.51. The summed E-state index contributed by atoms with van der Waals surface area (Å²) in [6, 6.07) is 21.2. The number of hydrogen-bond acceptors (Lipinski definition) is 2. The molecule has 4 heteroatoms. The van der Waals surface area contributed by atoms with E-state index >= 15 is 0 Å². The summed E-state index contributed by atoms with van der Waals surface area (Å²) < 4.78 is 14.4. The molecule has 3 nitrogen and oxygen atoms in total. The van der Waals surface area contributed by atoms with Gasteiger partial charge in [-0.25, -0.2) is 14.2 Å². The van der Waals surface area contributed by atoms with Crippen molar-refractivity contribution in [2.45, 2.75) is 13.8 Å². The Bertz CT molecular complexity index is 1290. The summed E-state index contributed by atoms with van der Waals surface area (Å²) in [7, 11) is 0. The first-order chi connectivity index (χ1) is 14.4. The van der Waals surface area contributed by atoms with E-state index in [4.69, 9.17) is 5.11 Å². The minimum Gasteiger partial charge on any atom is -0.478 e. The number of aliphatic carboxylic acids is 1. The SMILES string of the molecule is Cc1cccc(C)c1-c1cccc(-c2ccc3cc(/C=C/C(=O)O)c(F)cc3n2)c1. The summed E-state index contributed by atoms with van der Waals surface area (Å²) in [6.07, 6.45) is 2.17. The molecule has 0 saturated carbocycles. The van der Waals surface area contributed by atoms with Crippen LogP contribution in [-0.4, -0.2) is 16.1 Å². The summed E-state index contributed by atoms with van der Waals surface area (Å²) in [5.41, 5.74) is 7.19. The topological polar surface area (TPSA) is 50.2 Å². The van der Waals surface area contributed by atoms with Crippen molar-refractivity contribution in [1.29, 1.82) is 0 Å². The number of fused-ring (bicyclic) bond motifs is 1. The van der Waals surface area contributed by atoms with E-state index < -0.39 is 11.8 Å². The first-order valence-electron chi connectivity index (χ1n) is 9.61. The Hall–Kier alpha value is -3.79. The average Bonchev–Trinajstić information content (AvgIpc) is 2.72. The van der Waals surface area contributed by atoms with Crippen molar-refractivity contribution in [2.75, 3.05) is 0 Å². The molecular weight excluding hydrogens is 377 g/mol. The molecule has 0 aliphatic heterocycles.